The van der Waals surface area contributed by atoms with E-state index < -0.39 is 5.60 Å². The SMILES string of the molecule is Cc1cccc(-n2c(C)nnc2[C@@H]2CCCN2C(=O)OC(C)(C)C)c1. The number of ether oxygens (including phenoxy) is 1. The Kier molecular flexibility index (Phi) is 4.54. The summed E-state index contributed by atoms with van der Waals surface area (Å²) >= 11 is 0. The van der Waals surface area contributed by atoms with E-state index in [0.717, 1.165) is 30.2 Å². The molecule has 2 heterocycles. The van der Waals surface area contributed by atoms with Crippen molar-refractivity contribution in [3.8, 4) is 5.69 Å². The summed E-state index contributed by atoms with van der Waals surface area (Å²) in [6.07, 6.45) is 1.51. The molecule has 0 aliphatic carbocycles. The molecule has 1 amide bonds. The molecule has 0 N–H and O–H groups in total. The number of hydrogen-bond donors (Lipinski definition) is 0. The highest BCUT2D eigenvalue weighted by molar-refractivity contribution is 5.69. The monoisotopic (exact) mass is 342 g/mol. The molecule has 1 saturated heterocycles. The van der Waals surface area contributed by atoms with Gasteiger partial charge in [-0.3, -0.25) is 9.47 Å². The van der Waals surface area contributed by atoms with Crippen molar-refractivity contribution in [2.75, 3.05) is 6.54 Å². The molecule has 6 heteroatoms. The van der Waals surface area contributed by atoms with Gasteiger partial charge in [-0.1, -0.05) is 12.1 Å². The second kappa shape index (κ2) is 6.50. The van der Waals surface area contributed by atoms with Crippen LogP contribution in [0.15, 0.2) is 24.3 Å². The van der Waals surface area contributed by atoms with Crippen LogP contribution in [0.5, 0.6) is 0 Å². The van der Waals surface area contributed by atoms with Crippen molar-refractivity contribution >= 4 is 6.09 Å². The Morgan fingerprint density at radius 3 is 2.68 bits per heavy atom. The number of hydrogen-bond acceptors (Lipinski definition) is 4. The van der Waals surface area contributed by atoms with E-state index in [1.165, 1.54) is 5.56 Å². The zero-order chi connectivity index (χ0) is 18.2. The number of benzene rings is 1. The lowest BCUT2D eigenvalue weighted by molar-refractivity contribution is 0.0217. The summed E-state index contributed by atoms with van der Waals surface area (Å²) in [5.41, 5.74) is 1.69. The fraction of sp³-hybridized carbons (Fsp3) is 0.526. The average Bonchev–Trinajstić information content (AvgIpc) is 3.11. The molecule has 0 unspecified atom stereocenters. The maximum absolute atomic E-state index is 12.6. The largest absolute Gasteiger partial charge is 0.444 e. The predicted molar refractivity (Wildman–Crippen MR) is 95.7 cm³/mol. The number of aryl methyl sites for hydroxylation is 2. The topological polar surface area (TPSA) is 60.2 Å². The van der Waals surface area contributed by atoms with E-state index in [9.17, 15) is 4.79 Å². The molecule has 25 heavy (non-hydrogen) atoms. The summed E-state index contributed by atoms with van der Waals surface area (Å²) in [6.45, 7) is 10.3. The Morgan fingerprint density at radius 2 is 2.00 bits per heavy atom. The van der Waals surface area contributed by atoms with Crippen LogP contribution in [0.1, 0.15) is 56.9 Å². The number of amides is 1. The van der Waals surface area contributed by atoms with E-state index >= 15 is 0 Å². The van der Waals surface area contributed by atoms with Crippen LogP contribution in [0, 0.1) is 13.8 Å². The third kappa shape index (κ3) is 3.67. The number of rotatable bonds is 2. The number of nitrogens with zero attached hydrogens (tertiary/aromatic N) is 4. The molecule has 1 atom stereocenters. The molecule has 1 fully saturated rings. The lowest BCUT2D eigenvalue weighted by Crippen LogP contribution is -2.37. The standard InChI is InChI=1S/C19H26N4O2/c1-13-8-6-9-15(12-13)23-14(2)20-21-17(23)16-10-7-11-22(16)18(24)25-19(3,4)5/h6,8-9,12,16H,7,10-11H2,1-5H3/t16-/m0/s1. The van der Waals surface area contributed by atoms with Gasteiger partial charge in [-0.25, -0.2) is 4.79 Å². The highest BCUT2D eigenvalue weighted by atomic mass is 16.6. The number of likely N-dealkylation sites (tertiary alicyclic amines) is 1. The zero-order valence-corrected chi connectivity index (χ0v) is 15.6. The van der Waals surface area contributed by atoms with E-state index in [1.54, 1.807) is 4.90 Å². The first-order valence-electron chi connectivity index (χ1n) is 8.75. The van der Waals surface area contributed by atoms with Crippen molar-refractivity contribution in [1.82, 2.24) is 19.7 Å². The normalized spacial score (nSPS) is 17.8. The summed E-state index contributed by atoms with van der Waals surface area (Å²) < 4.78 is 7.62. The predicted octanol–water partition coefficient (Wildman–Crippen LogP) is 3.96. The van der Waals surface area contributed by atoms with Crippen molar-refractivity contribution in [2.24, 2.45) is 0 Å². The highest BCUT2D eigenvalue weighted by Crippen LogP contribution is 2.33. The van der Waals surface area contributed by atoms with Gasteiger partial charge < -0.3 is 4.74 Å². The molecule has 1 aromatic carbocycles. The third-order valence-corrected chi connectivity index (χ3v) is 4.29. The van der Waals surface area contributed by atoms with Crippen molar-refractivity contribution in [3.63, 3.8) is 0 Å². The Hall–Kier alpha value is -2.37. The van der Waals surface area contributed by atoms with Gasteiger partial charge in [-0.15, -0.1) is 10.2 Å². The van der Waals surface area contributed by atoms with Crippen molar-refractivity contribution in [3.05, 3.63) is 41.5 Å². The van der Waals surface area contributed by atoms with Crippen LogP contribution in [0.25, 0.3) is 5.69 Å². The lowest BCUT2D eigenvalue weighted by Gasteiger charge is -2.28. The summed E-state index contributed by atoms with van der Waals surface area (Å²) in [5, 5.41) is 8.67. The van der Waals surface area contributed by atoms with Crippen LogP contribution in [0.4, 0.5) is 4.79 Å². The van der Waals surface area contributed by atoms with Crippen LogP contribution >= 0.6 is 0 Å². The Balaban J connectivity index is 1.95. The van der Waals surface area contributed by atoms with Crippen LogP contribution in [-0.4, -0.2) is 37.9 Å². The molecule has 1 aliphatic heterocycles. The molecule has 6 nitrogen and oxygen atoms in total. The van der Waals surface area contributed by atoms with Crippen molar-refractivity contribution in [2.45, 2.75) is 59.1 Å². The van der Waals surface area contributed by atoms with Gasteiger partial charge in [-0.05, 0) is 65.2 Å². The molecule has 0 radical (unpaired) electrons. The molecule has 1 aliphatic rings. The van der Waals surface area contributed by atoms with Crippen LogP contribution in [0.2, 0.25) is 0 Å². The fourth-order valence-corrected chi connectivity index (χ4v) is 3.25. The maximum atomic E-state index is 12.6. The van der Waals surface area contributed by atoms with Crippen LogP contribution in [0.3, 0.4) is 0 Å². The number of carbonyl (C=O) groups is 1. The molecule has 0 bridgehead atoms. The minimum atomic E-state index is -0.510. The minimum absolute atomic E-state index is 0.114. The van der Waals surface area contributed by atoms with E-state index in [1.807, 2.05) is 44.4 Å². The quantitative estimate of drug-likeness (QED) is 0.829. The van der Waals surface area contributed by atoms with Gasteiger partial charge in [-0.2, -0.15) is 0 Å². The second-order valence-corrected chi connectivity index (χ2v) is 7.61. The third-order valence-electron chi connectivity index (χ3n) is 4.29. The van der Waals surface area contributed by atoms with Crippen molar-refractivity contribution in [1.29, 1.82) is 0 Å². The molecule has 2 aromatic rings. The fourth-order valence-electron chi connectivity index (χ4n) is 3.25. The molecular formula is C19H26N4O2. The van der Waals surface area contributed by atoms with Gasteiger partial charge in [0, 0.05) is 12.2 Å². The van der Waals surface area contributed by atoms with Gasteiger partial charge in [0.2, 0.25) is 0 Å². The van der Waals surface area contributed by atoms with Crippen LogP contribution in [-0.2, 0) is 4.74 Å². The lowest BCUT2D eigenvalue weighted by atomic mass is 10.1. The summed E-state index contributed by atoms with van der Waals surface area (Å²) in [7, 11) is 0. The summed E-state index contributed by atoms with van der Waals surface area (Å²) in [4.78, 5) is 14.4. The molecule has 3 rings (SSSR count). The van der Waals surface area contributed by atoms with Crippen molar-refractivity contribution < 1.29 is 9.53 Å². The number of aromatic nitrogens is 3. The molecular weight excluding hydrogens is 316 g/mol. The van der Waals surface area contributed by atoms with Crippen LogP contribution < -0.4 is 0 Å². The molecule has 0 spiro atoms. The van der Waals surface area contributed by atoms with E-state index in [0.29, 0.717) is 6.54 Å². The molecule has 134 valence electrons. The summed E-state index contributed by atoms with van der Waals surface area (Å²) in [5.74, 6) is 1.61. The van der Waals surface area contributed by atoms with Gasteiger partial charge in [0.05, 0.1) is 6.04 Å². The first kappa shape index (κ1) is 17.5. The van der Waals surface area contributed by atoms with Gasteiger partial charge in [0.1, 0.15) is 11.4 Å². The first-order valence-corrected chi connectivity index (χ1v) is 8.75. The zero-order valence-electron chi connectivity index (χ0n) is 15.6. The second-order valence-electron chi connectivity index (χ2n) is 7.61. The number of carbonyl (C=O) groups excluding carboxylic acids is 1. The molecule has 0 saturated carbocycles. The van der Waals surface area contributed by atoms with E-state index in [4.69, 9.17) is 4.74 Å². The highest BCUT2D eigenvalue weighted by Gasteiger charge is 2.36. The Labute approximate surface area is 148 Å². The van der Waals surface area contributed by atoms with E-state index in [2.05, 4.69) is 29.3 Å². The summed E-state index contributed by atoms with van der Waals surface area (Å²) in [6, 6.07) is 8.11. The van der Waals surface area contributed by atoms with E-state index in [-0.39, 0.29) is 12.1 Å². The van der Waals surface area contributed by atoms with Gasteiger partial charge >= 0.3 is 6.09 Å². The van der Waals surface area contributed by atoms with Gasteiger partial charge in [0.25, 0.3) is 0 Å². The Morgan fingerprint density at radius 1 is 1.24 bits per heavy atom. The first-order chi connectivity index (χ1) is 11.8. The average molecular weight is 342 g/mol. The Bertz CT molecular complexity index is 776. The maximum Gasteiger partial charge on any atom is 0.410 e. The molecule has 1 aromatic heterocycles. The smallest absolute Gasteiger partial charge is 0.410 e. The minimum Gasteiger partial charge on any atom is -0.444 e. The van der Waals surface area contributed by atoms with Gasteiger partial charge in [0.15, 0.2) is 5.82 Å².